The average Bonchev–Trinajstić information content (AvgIpc) is 3.30. The number of primary amides is 1. The molecule has 2 heterocycles. The summed E-state index contributed by atoms with van der Waals surface area (Å²) in [6, 6.07) is 16.6. The van der Waals surface area contributed by atoms with Crippen LogP contribution >= 0.6 is 27.3 Å². The number of fused-ring (bicyclic) bond motifs is 1. The first-order chi connectivity index (χ1) is 21.1. The molecule has 4 aromatic rings. The van der Waals surface area contributed by atoms with Crippen LogP contribution in [0.5, 0.6) is 23.0 Å². The Kier molecular flexibility index (Phi) is 9.02. The summed E-state index contributed by atoms with van der Waals surface area (Å²) in [5.74, 6) is -0.0801. The minimum atomic E-state index is -0.842. The molecule has 1 aliphatic rings. The smallest absolute Gasteiger partial charge is 0.271 e. The number of allylic oxidation sites excluding steroid dienone is 1. The van der Waals surface area contributed by atoms with Crippen LogP contribution in [0.15, 0.2) is 80.5 Å². The number of carbonyl (C=O) groups is 2. The van der Waals surface area contributed by atoms with Crippen LogP contribution in [0.1, 0.15) is 36.6 Å². The minimum Gasteiger partial charge on any atom is -0.504 e. The van der Waals surface area contributed by atoms with Gasteiger partial charge in [-0.2, -0.15) is 0 Å². The van der Waals surface area contributed by atoms with Crippen molar-refractivity contribution in [3.63, 3.8) is 0 Å². The molecule has 1 aliphatic heterocycles. The van der Waals surface area contributed by atoms with Gasteiger partial charge in [-0.3, -0.25) is 19.0 Å². The van der Waals surface area contributed by atoms with Crippen LogP contribution in [0.25, 0.3) is 11.8 Å². The fraction of sp³-hybridized carbons (Fsp3) is 0.188. The Morgan fingerprint density at radius 1 is 1.11 bits per heavy atom. The highest BCUT2D eigenvalue weighted by atomic mass is 79.9. The zero-order valence-corrected chi connectivity index (χ0v) is 26.4. The van der Waals surface area contributed by atoms with Crippen molar-refractivity contribution < 1.29 is 28.9 Å². The van der Waals surface area contributed by atoms with Gasteiger partial charge in [0, 0.05) is 11.1 Å². The molecular formula is C32H28BrN3O7S. The fourth-order valence-electron chi connectivity index (χ4n) is 4.93. The van der Waals surface area contributed by atoms with Gasteiger partial charge >= 0.3 is 0 Å². The number of ether oxygens (including phenoxy) is 3. The number of hydrogen-bond acceptors (Lipinski definition) is 9. The van der Waals surface area contributed by atoms with Crippen LogP contribution in [0.3, 0.4) is 0 Å². The maximum Gasteiger partial charge on any atom is 0.271 e. The molecule has 10 nitrogen and oxygen atoms in total. The van der Waals surface area contributed by atoms with Crippen molar-refractivity contribution in [3.8, 4) is 23.0 Å². The van der Waals surface area contributed by atoms with Crippen molar-refractivity contribution in [2.24, 2.45) is 10.7 Å². The number of thiazole rings is 1. The first-order valence-corrected chi connectivity index (χ1v) is 15.1. The summed E-state index contributed by atoms with van der Waals surface area (Å²) in [6.07, 6.45) is 1.70. The second-order valence-electron chi connectivity index (χ2n) is 9.72. The number of methoxy groups -OCH3 is 1. The van der Waals surface area contributed by atoms with E-state index in [9.17, 15) is 19.5 Å². The zero-order chi connectivity index (χ0) is 31.5. The molecule has 0 saturated carbocycles. The molecule has 3 aromatic carbocycles. The van der Waals surface area contributed by atoms with Gasteiger partial charge in [0.05, 0.1) is 34.5 Å². The van der Waals surface area contributed by atoms with Crippen LogP contribution in [0.2, 0.25) is 0 Å². The Labute approximate surface area is 264 Å². The molecule has 1 amide bonds. The Balaban J connectivity index is 1.75. The Hall–Kier alpha value is -4.68. The second-order valence-corrected chi connectivity index (χ2v) is 11.6. The summed E-state index contributed by atoms with van der Waals surface area (Å²) in [4.78, 5) is 44.0. The molecule has 0 bridgehead atoms. The second kappa shape index (κ2) is 12.9. The lowest BCUT2D eigenvalue weighted by atomic mass is 9.90. The van der Waals surface area contributed by atoms with Crippen LogP contribution in [0, 0.1) is 0 Å². The highest BCUT2D eigenvalue weighted by Crippen LogP contribution is 2.39. The first kappa shape index (κ1) is 30.8. The summed E-state index contributed by atoms with van der Waals surface area (Å²) < 4.78 is 19.0. The van der Waals surface area contributed by atoms with Crippen molar-refractivity contribution >= 4 is 50.7 Å². The molecule has 1 atom stereocenters. The lowest BCUT2D eigenvalue weighted by molar-refractivity contribution is -0.120. The standard InChI is InChI=1S/C32H28BrN3O7S/c1-4-42-24-13-18(12-21(33)30(24)43-16-26(34)39)14-25-31(40)36-29(20-10-11-22(38)23(15-20)41-3)27(17(2)37)28(35-32(36)44-25)19-8-6-5-7-9-19/h5-15,29,38H,4,16H2,1-3H3,(H2,34,39)/b25-14+. The third kappa shape index (κ3) is 6.03. The van der Waals surface area contributed by atoms with E-state index in [0.717, 1.165) is 5.56 Å². The van der Waals surface area contributed by atoms with Gasteiger partial charge < -0.3 is 25.1 Å². The lowest BCUT2D eigenvalue weighted by Crippen LogP contribution is -2.39. The average molecular weight is 679 g/mol. The Morgan fingerprint density at radius 3 is 2.52 bits per heavy atom. The highest BCUT2D eigenvalue weighted by molar-refractivity contribution is 9.10. The number of nitrogens with two attached hydrogens (primary N) is 1. The van der Waals surface area contributed by atoms with Gasteiger partial charge in [0.1, 0.15) is 0 Å². The van der Waals surface area contributed by atoms with E-state index in [0.29, 0.717) is 54.3 Å². The van der Waals surface area contributed by atoms with Gasteiger partial charge in [-0.1, -0.05) is 47.7 Å². The van der Waals surface area contributed by atoms with Gasteiger partial charge in [-0.15, -0.1) is 0 Å². The third-order valence-corrected chi connectivity index (χ3v) is 8.34. The van der Waals surface area contributed by atoms with E-state index < -0.39 is 11.9 Å². The third-order valence-electron chi connectivity index (χ3n) is 6.77. The van der Waals surface area contributed by atoms with Crippen molar-refractivity contribution in [3.05, 3.63) is 107 Å². The number of nitrogens with zero attached hydrogens (tertiary/aromatic N) is 2. The number of aromatic nitrogens is 1. The molecule has 226 valence electrons. The van der Waals surface area contributed by atoms with E-state index in [2.05, 4.69) is 15.9 Å². The molecule has 12 heteroatoms. The van der Waals surface area contributed by atoms with Gasteiger partial charge in [0.15, 0.2) is 40.2 Å². The number of rotatable bonds is 10. The van der Waals surface area contributed by atoms with Gasteiger partial charge in [-0.25, -0.2) is 4.99 Å². The first-order valence-electron chi connectivity index (χ1n) is 13.5. The van der Waals surface area contributed by atoms with Crippen molar-refractivity contribution in [2.75, 3.05) is 20.3 Å². The maximum atomic E-state index is 14.1. The number of phenols is 1. The van der Waals surface area contributed by atoms with Gasteiger partial charge in [0.25, 0.3) is 11.5 Å². The molecule has 0 spiro atoms. The quantitative estimate of drug-likeness (QED) is 0.261. The van der Waals surface area contributed by atoms with E-state index >= 15 is 0 Å². The number of halogens is 1. The molecule has 3 N–H and O–H groups in total. The van der Waals surface area contributed by atoms with Crippen molar-refractivity contribution in [2.45, 2.75) is 19.9 Å². The molecular weight excluding hydrogens is 650 g/mol. The summed E-state index contributed by atoms with van der Waals surface area (Å²) in [7, 11) is 1.43. The van der Waals surface area contributed by atoms with Crippen LogP contribution in [-0.4, -0.2) is 41.7 Å². The predicted octanol–water partition coefficient (Wildman–Crippen LogP) is 3.70. The summed E-state index contributed by atoms with van der Waals surface area (Å²) >= 11 is 4.65. The van der Waals surface area contributed by atoms with Gasteiger partial charge in [-0.05, 0) is 71.2 Å². The monoisotopic (exact) mass is 677 g/mol. The number of carbonyl (C=O) groups excluding carboxylic acids is 2. The van der Waals surface area contributed by atoms with Crippen molar-refractivity contribution in [1.29, 1.82) is 0 Å². The molecule has 0 fully saturated rings. The molecule has 44 heavy (non-hydrogen) atoms. The number of amides is 1. The normalized spacial score (nSPS) is 14.5. The number of phenolic OH excluding ortho intramolecular Hbond substituents is 1. The largest absolute Gasteiger partial charge is 0.504 e. The van der Waals surface area contributed by atoms with E-state index in [-0.39, 0.29) is 29.4 Å². The Morgan fingerprint density at radius 2 is 1.86 bits per heavy atom. The number of benzene rings is 3. The zero-order valence-electron chi connectivity index (χ0n) is 24.0. The molecule has 1 aromatic heterocycles. The molecule has 1 unspecified atom stereocenters. The number of Topliss-reactive ketones (excluding diaryl/α,β-unsaturated/α-hetero) is 1. The summed E-state index contributed by atoms with van der Waals surface area (Å²) in [5.41, 5.74) is 7.59. The molecule has 0 aliphatic carbocycles. The number of ketones is 1. The Bertz CT molecular complexity index is 1980. The maximum absolute atomic E-state index is 14.1. The van der Waals surface area contributed by atoms with E-state index in [1.807, 2.05) is 37.3 Å². The molecule has 0 radical (unpaired) electrons. The minimum absolute atomic E-state index is 0.0702. The predicted molar refractivity (Wildman–Crippen MR) is 170 cm³/mol. The van der Waals surface area contributed by atoms with E-state index in [4.69, 9.17) is 24.9 Å². The van der Waals surface area contributed by atoms with Gasteiger partial charge in [0.2, 0.25) is 0 Å². The van der Waals surface area contributed by atoms with Crippen molar-refractivity contribution in [1.82, 2.24) is 4.57 Å². The summed E-state index contributed by atoms with van der Waals surface area (Å²) in [6.45, 7) is 3.26. The lowest BCUT2D eigenvalue weighted by Gasteiger charge is -2.26. The fourth-order valence-corrected chi connectivity index (χ4v) is 6.51. The van der Waals surface area contributed by atoms with E-state index in [1.54, 1.807) is 30.3 Å². The topological polar surface area (TPSA) is 142 Å². The number of hydrogen-bond donors (Lipinski definition) is 2. The number of aromatic hydroxyl groups is 1. The van der Waals surface area contributed by atoms with Crippen LogP contribution in [0.4, 0.5) is 0 Å². The molecule has 0 saturated heterocycles. The van der Waals surface area contributed by atoms with E-state index in [1.165, 1.54) is 36.0 Å². The molecule has 5 rings (SSSR count). The highest BCUT2D eigenvalue weighted by Gasteiger charge is 2.33. The SMILES string of the molecule is CCOc1cc(/C=c2/sc3n(c2=O)C(c2ccc(O)c(OC)c2)C(C(C)=O)=C(c2ccccc2)N=3)cc(Br)c1OCC(N)=O. The summed E-state index contributed by atoms with van der Waals surface area (Å²) in [5, 5.41) is 10.3. The van der Waals surface area contributed by atoms with Crippen LogP contribution < -0.4 is 34.8 Å². The van der Waals surface area contributed by atoms with Crippen LogP contribution in [-0.2, 0) is 9.59 Å².